The smallest absolute Gasteiger partial charge is 0.307 e. The second-order valence-electron chi connectivity index (χ2n) is 3.68. The number of rotatable bonds is 0. The number of hydrogen-bond donors (Lipinski definition) is 1. The van der Waals surface area contributed by atoms with E-state index in [4.69, 9.17) is 0 Å². The Morgan fingerprint density at radius 2 is 1.88 bits per heavy atom. The summed E-state index contributed by atoms with van der Waals surface area (Å²) in [6.45, 7) is -0.454. The summed E-state index contributed by atoms with van der Waals surface area (Å²) >= 11 is 0. The lowest BCUT2D eigenvalue weighted by atomic mass is 9.95. The quantitative estimate of drug-likeness (QED) is 0.684. The van der Waals surface area contributed by atoms with Crippen LogP contribution in [0, 0.1) is 0 Å². The molecule has 0 saturated heterocycles. The molecule has 1 heterocycles. The Morgan fingerprint density at radius 1 is 1.19 bits per heavy atom. The maximum Gasteiger partial charge on any atom is 0.416 e. The summed E-state index contributed by atoms with van der Waals surface area (Å²) in [6, 6.07) is 2.45. The molecular formula is C10H8F5N. The molecule has 1 aromatic carbocycles. The molecule has 88 valence electrons. The van der Waals surface area contributed by atoms with E-state index in [0.29, 0.717) is 6.07 Å². The summed E-state index contributed by atoms with van der Waals surface area (Å²) in [4.78, 5) is 0. The Morgan fingerprint density at radius 3 is 2.50 bits per heavy atom. The van der Waals surface area contributed by atoms with Crippen LogP contribution >= 0.6 is 0 Å². The minimum Gasteiger partial charge on any atom is -0.307 e. The van der Waals surface area contributed by atoms with Crippen molar-refractivity contribution in [1.82, 2.24) is 5.32 Å². The van der Waals surface area contributed by atoms with Crippen LogP contribution in [-0.2, 0) is 18.6 Å². The lowest BCUT2D eigenvalue weighted by molar-refractivity contribution is -0.137. The van der Waals surface area contributed by atoms with E-state index in [1.54, 1.807) is 0 Å². The van der Waals surface area contributed by atoms with Crippen LogP contribution in [-0.4, -0.2) is 6.54 Å². The topological polar surface area (TPSA) is 12.0 Å². The molecule has 0 atom stereocenters. The minimum atomic E-state index is -4.59. The fraction of sp³-hybridized carbons (Fsp3) is 0.400. The summed E-state index contributed by atoms with van der Waals surface area (Å²) in [5.74, 6) is -3.24. The van der Waals surface area contributed by atoms with Gasteiger partial charge in [-0.15, -0.1) is 0 Å². The molecule has 6 heteroatoms. The number of halogens is 5. The van der Waals surface area contributed by atoms with Crippen molar-refractivity contribution in [2.45, 2.75) is 18.6 Å². The van der Waals surface area contributed by atoms with Crippen molar-refractivity contribution in [3.63, 3.8) is 0 Å². The standard InChI is InChI=1S/C10H8F5N/c11-9(12)5-16-4-6-1-2-7(3-8(6)9)10(13,14)15/h1-3,16H,4-5H2. The molecule has 1 nitrogen and oxygen atoms in total. The maximum absolute atomic E-state index is 13.3. The van der Waals surface area contributed by atoms with Crippen LogP contribution in [0.5, 0.6) is 0 Å². The Bertz CT molecular complexity index is 410. The van der Waals surface area contributed by atoms with Crippen LogP contribution in [0.3, 0.4) is 0 Å². The van der Waals surface area contributed by atoms with Gasteiger partial charge in [-0.05, 0) is 17.7 Å². The Kier molecular flexibility index (Phi) is 2.41. The van der Waals surface area contributed by atoms with Crippen molar-refractivity contribution >= 4 is 0 Å². The first kappa shape index (κ1) is 11.3. The predicted octanol–water partition coefficient (Wildman–Crippen LogP) is 2.90. The van der Waals surface area contributed by atoms with E-state index in [-0.39, 0.29) is 12.1 Å². The number of benzene rings is 1. The Labute approximate surface area is 88.3 Å². The SMILES string of the molecule is FC(F)(F)c1ccc2c(c1)C(F)(F)CNC2. The summed E-state index contributed by atoms with van der Waals surface area (Å²) in [5.41, 5.74) is -1.35. The Balaban J connectivity index is 2.52. The van der Waals surface area contributed by atoms with E-state index in [1.807, 2.05) is 0 Å². The van der Waals surface area contributed by atoms with Crippen molar-refractivity contribution in [3.8, 4) is 0 Å². The van der Waals surface area contributed by atoms with Gasteiger partial charge in [0.15, 0.2) is 0 Å². The van der Waals surface area contributed by atoms with E-state index in [1.165, 1.54) is 0 Å². The van der Waals surface area contributed by atoms with Gasteiger partial charge in [-0.1, -0.05) is 6.07 Å². The van der Waals surface area contributed by atoms with Gasteiger partial charge in [-0.25, -0.2) is 0 Å². The molecule has 0 aliphatic carbocycles. The van der Waals surface area contributed by atoms with Gasteiger partial charge in [0.2, 0.25) is 0 Å². The highest BCUT2D eigenvalue weighted by atomic mass is 19.4. The van der Waals surface area contributed by atoms with E-state index >= 15 is 0 Å². The normalized spacial score (nSPS) is 19.3. The summed E-state index contributed by atoms with van der Waals surface area (Å²) in [7, 11) is 0. The largest absolute Gasteiger partial charge is 0.416 e. The summed E-state index contributed by atoms with van der Waals surface area (Å²) in [6.07, 6.45) is -4.59. The summed E-state index contributed by atoms with van der Waals surface area (Å²) in [5, 5.41) is 2.46. The van der Waals surface area contributed by atoms with Gasteiger partial charge in [0.1, 0.15) is 0 Å². The first-order valence-corrected chi connectivity index (χ1v) is 4.60. The zero-order valence-electron chi connectivity index (χ0n) is 8.04. The number of alkyl halides is 5. The fourth-order valence-electron chi connectivity index (χ4n) is 1.70. The number of hydrogen-bond acceptors (Lipinski definition) is 1. The van der Waals surface area contributed by atoms with Gasteiger partial charge >= 0.3 is 6.18 Å². The molecule has 0 radical (unpaired) electrons. The third-order valence-corrected chi connectivity index (χ3v) is 2.49. The van der Waals surface area contributed by atoms with Gasteiger partial charge in [-0.3, -0.25) is 0 Å². The highest BCUT2D eigenvalue weighted by Crippen LogP contribution is 2.37. The van der Waals surface area contributed by atoms with Crippen LogP contribution in [0.2, 0.25) is 0 Å². The zero-order valence-corrected chi connectivity index (χ0v) is 8.04. The molecule has 0 bridgehead atoms. The van der Waals surface area contributed by atoms with E-state index in [0.717, 1.165) is 12.1 Å². The van der Waals surface area contributed by atoms with Crippen molar-refractivity contribution < 1.29 is 22.0 Å². The second-order valence-corrected chi connectivity index (χ2v) is 3.68. The lowest BCUT2D eigenvalue weighted by Gasteiger charge is -2.26. The molecule has 0 unspecified atom stereocenters. The molecule has 16 heavy (non-hydrogen) atoms. The average Bonchev–Trinajstić information content (AvgIpc) is 2.15. The highest BCUT2D eigenvalue weighted by Gasteiger charge is 2.39. The van der Waals surface area contributed by atoms with Crippen LogP contribution in [0.4, 0.5) is 22.0 Å². The monoisotopic (exact) mass is 237 g/mol. The number of fused-ring (bicyclic) bond motifs is 1. The lowest BCUT2D eigenvalue weighted by Crippen LogP contribution is -2.37. The molecular weight excluding hydrogens is 229 g/mol. The van der Waals surface area contributed by atoms with Crippen molar-refractivity contribution in [2.75, 3.05) is 6.54 Å². The molecule has 1 aliphatic heterocycles. The third-order valence-electron chi connectivity index (χ3n) is 2.49. The van der Waals surface area contributed by atoms with Gasteiger partial charge < -0.3 is 5.32 Å². The first-order valence-electron chi connectivity index (χ1n) is 4.60. The molecule has 1 aliphatic rings. The van der Waals surface area contributed by atoms with Gasteiger partial charge in [0.05, 0.1) is 12.1 Å². The van der Waals surface area contributed by atoms with E-state index < -0.39 is 29.8 Å². The highest BCUT2D eigenvalue weighted by molar-refractivity contribution is 5.38. The number of nitrogens with one attached hydrogen (secondary N) is 1. The molecule has 1 N–H and O–H groups in total. The molecule has 0 amide bonds. The fourth-order valence-corrected chi connectivity index (χ4v) is 1.70. The molecule has 0 aromatic heterocycles. The summed E-state index contributed by atoms with van der Waals surface area (Å²) < 4.78 is 63.7. The molecule has 2 rings (SSSR count). The zero-order chi connectivity index (χ0) is 12.0. The predicted molar refractivity (Wildman–Crippen MR) is 47.0 cm³/mol. The van der Waals surface area contributed by atoms with Crippen molar-refractivity contribution in [2.24, 2.45) is 0 Å². The van der Waals surface area contributed by atoms with Crippen LogP contribution in [0.15, 0.2) is 18.2 Å². The Hall–Kier alpha value is -1.17. The molecule has 0 spiro atoms. The second kappa shape index (κ2) is 3.41. The van der Waals surface area contributed by atoms with Crippen molar-refractivity contribution in [1.29, 1.82) is 0 Å². The van der Waals surface area contributed by atoms with Gasteiger partial charge in [-0.2, -0.15) is 22.0 Å². The molecule has 1 aromatic rings. The maximum atomic E-state index is 13.3. The third kappa shape index (κ3) is 1.89. The molecule has 0 saturated carbocycles. The van der Waals surface area contributed by atoms with Crippen LogP contribution in [0.25, 0.3) is 0 Å². The van der Waals surface area contributed by atoms with E-state index in [2.05, 4.69) is 5.32 Å². The minimum absolute atomic E-state index is 0.170. The van der Waals surface area contributed by atoms with E-state index in [9.17, 15) is 22.0 Å². The first-order chi connectivity index (χ1) is 7.31. The molecule has 0 fully saturated rings. The van der Waals surface area contributed by atoms with Gasteiger partial charge in [0, 0.05) is 12.1 Å². The average molecular weight is 237 g/mol. The van der Waals surface area contributed by atoms with Crippen molar-refractivity contribution in [3.05, 3.63) is 34.9 Å². The van der Waals surface area contributed by atoms with Crippen LogP contribution in [0.1, 0.15) is 16.7 Å². The van der Waals surface area contributed by atoms with Crippen LogP contribution < -0.4 is 5.32 Å². The van der Waals surface area contributed by atoms with Gasteiger partial charge in [0.25, 0.3) is 5.92 Å².